The molecular weight excluding hydrogens is 296 g/mol. The van der Waals surface area contributed by atoms with Crippen LogP contribution in [-0.4, -0.2) is 14.7 Å². The van der Waals surface area contributed by atoms with Gasteiger partial charge in [-0.25, -0.2) is 0 Å². The molecule has 0 spiro atoms. The zero-order valence-corrected chi connectivity index (χ0v) is 11.9. The minimum Gasteiger partial charge on any atom is -0.345 e. The van der Waals surface area contributed by atoms with Crippen molar-refractivity contribution in [3.05, 3.63) is 87.3 Å². The molecule has 0 saturated heterocycles. The normalized spacial score (nSPS) is 10.3. The fourth-order valence-electron chi connectivity index (χ4n) is 2.12. The lowest BCUT2D eigenvalue weighted by Crippen LogP contribution is -2.24. The fourth-order valence-corrected chi connectivity index (χ4v) is 2.12. The molecule has 0 unspecified atom stereocenters. The number of rotatable bonds is 4. The van der Waals surface area contributed by atoms with Crippen molar-refractivity contribution in [3.8, 4) is 5.69 Å². The van der Waals surface area contributed by atoms with Crippen LogP contribution in [0.1, 0.15) is 0 Å². The number of benzene rings is 2. The predicted molar refractivity (Wildman–Crippen MR) is 86.2 cm³/mol. The number of hydrogen-bond donors (Lipinski definition) is 1. The fraction of sp³-hybridized carbons (Fsp3) is 0. The summed E-state index contributed by atoms with van der Waals surface area (Å²) in [6.45, 7) is 0. The summed E-state index contributed by atoms with van der Waals surface area (Å²) < 4.78 is 1.12. The smallest absolute Gasteiger partial charge is 0.318 e. The van der Waals surface area contributed by atoms with Gasteiger partial charge < -0.3 is 5.32 Å². The van der Waals surface area contributed by atoms with Gasteiger partial charge in [0.2, 0.25) is 0 Å². The van der Waals surface area contributed by atoms with Crippen LogP contribution in [-0.2, 0) is 0 Å². The molecule has 0 bridgehead atoms. The second-order valence-corrected chi connectivity index (χ2v) is 4.71. The molecule has 3 rings (SSSR count). The van der Waals surface area contributed by atoms with E-state index in [1.165, 1.54) is 0 Å². The van der Waals surface area contributed by atoms with E-state index in [-0.39, 0.29) is 11.4 Å². The van der Waals surface area contributed by atoms with Crippen molar-refractivity contribution in [2.45, 2.75) is 0 Å². The summed E-state index contributed by atoms with van der Waals surface area (Å²) in [7, 11) is 0. The first-order chi connectivity index (χ1) is 11.2. The Kier molecular flexibility index (Phi) is 3.84. The third-order valence-corrected chi connectivity index (χ3v) is 3.20. The van der Waals surface area contributed by atoms with Crippen LogP contribution in [0.5, 0.6) is 0 Å². The molecule has 2 aromatic carbocycles. The highest BCUT2D eigenvalue weighted by Crippen LogP contribution is 2.23. The van der Waals surface area contributed by atoms with Gasteiger partial charge in [-0.1, -0.05) is 36.4 Å². The first-order valence-electron chi connectivity index (χ1n) is 6.81. The second-order valence-electron chi connectivity index (χ2n) is 4.71. The van der Waals surface area contributed by atoms with Crippen molar-refractivity contribution in [2.24, 2.45) is 0 Å². The van der Waals surface area contributed by atoms with Gasteiger partial charge in [0.05, 0.1) is 10.6 Å². The van der Waals surface area contributed by atoms with E-state index in [4.69, 9.17) is 0 Å². The molecule has 23 heavy (non-hydrogen) atoms. The van der Waals surface area contributed by atoms with Gasteiger partial charge in [0.25, 0.3) is 0 Å². The van der Waals surface area contributed by atoms with E-state index in [9.17, 15) is 14.9 Å². The van der Waals surface area contributed by atoms with Crippen molar-refractivity contribution >= 4 is 17.1 Å². The molecule has 0 aliphatic heterocycles. The van der Waals surface area contributed by atoms with E-state index < -0.39 is 10.5 Å². The lowest BCUT2D eigenvalue weighted by molar-refractivity contribution is -0.384. The molecule has 7 heteroatoms. The molecule has 0 saturated carbocycles. The highest BCUT2D eigenvalue weighted by Gasteiger charge is 2.21. The van der Waals surface area contributed by atoms with E-state index in [2.05, 4.69) is 10.4 Å². The number of anilines is 2. The highest BCUT2D eigenvalue weighted by molar-refractivity contribution is 5.68. The predicted octanol–water partition coefficient (Wildman–Crippen LogP) is 2.88. The van der Waals surface area contributed by atoms with Crippen molar-refractivity contribution in [3.63, 3.8) is 0 Å². The number of aromatic nitrogens is 2. The van der Waals surface area contributed by atoms with E-state index >= 15 is 0 Å². The van der Waals surface area contributed by atoms with Crippen LogP contribution in [0.4, 0.5) is 17.1 Å². The zero-order chi connectivity index (χ0) is 16.2. The van der Waals surface area contributed by atoms with Gasteiger partial charge in [-0.15, -0.1) is 0 Å². The quantitative estimate of drug-likeness (QED) is 0.591. The Bertz CT molecular complexity index is 892. The Labute approximate surface area is 131 Å². The van der Waals surface area contributed by atoms with Crippen LogP contribution >= 0.6 is 0 Å². The summed E-state index contributed by atoms with van der Waals surface area (Å²) in [6.07, 6.45) is 1.07. The molecule has 0 aliphatic rings. The van der Waals surface area contributed by atoms with Gasteiger partial charge in [0, 0.05) is 5.69 Å². The summed E-state index contributed by atoms with van der Waals surface area (Å²) in [4.78, 5) is 23.2. The molecule has 0 radical (unpaired) electrons. The summed E-state index contributed by atoms with van der Waals surface area (Å²) in [5.41, 5.74) is 0.0300. The average molecular weight is 308 g/mol. The van der Waals surface area contributed by atoms with Crippen LogP contribution in [0.3, 0.4) is 0 Å². The Morgan fingerprint density at radius 3 is 2.22 bits per heavy atom. The minimum absolute atomic E-state index is 0.125. The Morgan fingerprint density at radius 2 is 1.61 bits per heavy atom. The molecule has 0 fully saturated rings. The molecule has 1 N–H and O–H groups in total. The summed E-state index contributed by atoms with van der Waals surface area (Å²) in [5.74, 6) is 0. The lowest BCUT2D eigenvalue weighted by atomic mass is 10.3. The van der Waals surface area contributed by atoms with Gasteiger partial charge in [0.1, 0.15) is 6.20 Å². The molecule has 1 aromatic heterocycles. The van der Waals surface area contributed by atoms with Gasteiger partial charge >= 0.3 is 11.2 Å². The maximum absolute atomic E-state index is 12.6. The first-order valence-corrected chi connectivity index (χ1v) is 6.81. The van der Waals surface area contributed by atoms with E-state index in [0.717, 1.165) is 10.9 Å². The highest BCUT2D eigenvalue weighted by atomic mass is 16.6. The van der Waals surface area contributed by atoms with Crippen molar-refractivity contribution in [1.29, 1.82) is 0 Å². The summed E-state index contributed by atoms with van der Waals surface area (Å²) in [6, 6.07) is 17.5. The number of nitro groups is 1. The van der Waals surface area contributed by atoms with E-state index in [0.29, 0.717) is 11.4 Å². The Morgan fingerprint density at radius 1 is 1.00 bits per heavy atom. The van der Waals surface area contributed by atoms with Crippen molar-refractivity contribution in [1.82, 2.24) is 9.78 Å². The largest absolute Gasteiger partial charge is 0.345 e. The molecular formula is C16H12N4O3. The topological polar surface area (TPSA) is 90.1 Å². The van der Waals surface area contributed by atoms with E-state index in [1.807, 2.05) is 12.1 Å². The Balaban J connectivity index is 2.15. The maximum Gasteiger partial charge on any atom is 0.318 e. The van der Waals surface area contributed by atoms with Crippen molar-refractivity contribution < 1.29 is 4.92 Å². The third kappa shape index (κ3) is 2.93. The Hall–Kier alpha value is -3.48. The number of nitrogens with zero attached hydrogens (tertiary/aromatic N) is 3. The SMILES string of the molecule is O=c1c(Nc2ccccc2)c([N+](=O)[O-])cnn1-c1ccccc1. The minimum atomic E-state index is -0.630. The molecule has 114 valence electrons. The van der Waals surface area contributed by atoms with Crippen LogP contribution in [0.15, 0.2) is 71.7 Å². The van der Waals surface area contributed by atoms with Gasteiger partial charge in [-0.3, -0.25) is 14.9 Å². The standard InChI is InChI=1S/C16H12N4O3/c21-16-15(18-12-7-3-1-4-8-12)14(20(22)23)11-17-19(16)13-9-5-2-6-10-13/h1-11,18H. The molecule has 1 heterocycles. The molecule has 7 nitrogen and oxygen atoms in total. The molecule has 0 amide bonds. The molecule has 0 atom stereocenters. The van der Waals surface area contributed by atoms with E-state index in [1.54, 1.807) is 48.5 Å². The van der Waals surface area contributed by atoms with Crippen LogP contribution in [0.25, 0.3) is 5.69 Å². The zero-order valence-electron chi connectivity index (χ0n) is 11.9. The maximum atomic E-state index is 12.6. The van der Waals surface area contributed by atoms with Gasteiger partial charge in [-0.2, -0.15) is 9.78 Å². The monoisotopic (exact) mass is 308 g/mol. The van der Waals surface area contributed by atoms with Crippen molar-refractivity contribution in [2.75, 3.05) is 5.32 Å². The summed E-state index contributed by atoms with van der Waals surface area (Å²) in [5, 5.41) is 17.9. The lowest BCUT2D eigenvalue weighted by Gasteiger charge is -2.09. The van der Waals surface area contributed by atoms with Gasteiger partial charge in [0.15, 0.2) is 5.69 Å². The van der Waals surface area contributed by atoms with Crippen LogP contribution in [0.2, 0.25) is 0 Å². The molecule has 0 aliphatic carbocycles. The number of para-hydroxylation sites is 2. The molecule has 3 aromatic rings. The second kappa shape index (κ2) is 6.10. The average Bonchev–Trinajstić information content (AvgIpc) is 2.58. The van der Waals surface area contributed by atoms with Gasteiger partial charge in [-0.05, 0) is 24.3 Å². The third-order valence-electron chi connectivity index (χ3n) is 3.20. The number of nitrogens with one attached hydrogen (secondary N) is 1. The van der Waals surface area contributed by atoms with Crippen LogP contribution in [0, 0.1) is 10.1 Å². The summed E-state index contributed by atoms with van der Waals surface area (Å²) >= 11 is 0. The number of hydrogen-bond acceptors (Lipinski definition) is 5. The first kappa shape index (κ1) is 14.5. The van der Waals surface area contributed by atoms with Crippen LogP contribution < -0.4 is 10.9 Å².